The van der Waals surface area contributed by atoms with E-state index in [4.69, 9.17) is 4.74 Å². The molecule has 6 nitrogen and oxygen atoms in total. The number of H-pyrrole nitrogens is 1. The van der Waals surface area contributed by atoms with Crippen molar-refractivity contribution in [1.29, 1.82) is 0 Å². The number of aromatic amines is 1. The van der Waals surface area contributed by atoms with Crippen molar-refractivity contribution in [3.05, 3.63) is 48.4 Å². The Labute approximate surface area is 128 Å². The highest BCUT2D eigenvalue weighted by Crippen LogP contribution is 2.22. The van der Waals surface area contributed by atoms with E-state index >= 15 is 0 Å². The molecule has 22 heavy (non-hydrogen) atoms. The molecule has 0 radical (unpaired) electrons. The highest BCUT2D eigenvalue weighted by atomic mass is 16.5. The van der Waals surface area contributed by atoms with Gasteiger partial charge in [0.2, 0.25) is 11.9 Å². The largest absolute Gasteiger partial charge is 0.383 e. The lowest BCUT2D eigenvalue weighted by molar-refractivity contribution is -0.115. The maximum absolute atomic E-state index is 12.1. The first-order valence-electron chi connectivity index (χ1n) is 7.13. The number of imidazole rings is 1. The van der Waals surface area contributed by atoms with Gasteiger partial charge >= 0.3 is 0 Å². The molecule has 0 aliphatic heterocycles. The van der Waals surface area contributed by atoms with Crippen LogP contribution in [0.5, 0.6) is 0 Å². The summed E-state index contributed by atoms with van der Waals surface area (Å²) in [6.07, 6.45) is 5.60. The summed E-state index contributed by atoms with van der Waals surface area (Å²) in [6, 6.07) is 8.07. The SMILES string of the molecule is COCCn1cc(CC(=O)Nc2ncc[nH]2)c2ccccc21. The number of carbonyl (C=O) groups excluding carboxylic acids is 1. The van der Waals surface area contributed by atoms with Gasteiger partial charge in [-0.25, -0.2) is 4.98 Å². The van der Waals surface area contributed by atoms with Gasteiger partial charge in [0.25, 0.3) is 0 Å². The fourth-order valence-corrected chi connectivity index (χ4v) is 2.52. The second-order valence-electron chi connectivity index (χ2n) is 5.02. The van der Waals surface area contributed by atoms with Crippen LogP contribution in [0.1, 0.15) is 5.56 Å². The Kier molecular flexibility index (Phi) is 4.20. The van der Waals surface area contributed by atoms with Crippen molar-refractivity contribution in [3.63, 3.8) is 0 Å². The first-order valence-corrected chi connectivity index (χ1v) is 7.13. The van der Waals surface area contributed by atoms with Gasteiger partial charge in [-0.1, -0.05) is 18.2 Å². The van der Waals surface area contributed by atoms with Crippen LogP contribution in [0.2, 0.25) is 0 Å². The summed E-state index contributed by atoms with van der Waals surface area (Å²) >= 11 is 0. The van der Waals surface area contributed by atoms with Crippen LogP contribution in [0.3, 0.4) is 0 Å². The fourth-order valence-electron chi connectivity index (χ4n) is 2.52. The number of fused-ring (bicyclic) bond motifs is 1. The molecule has 0 atom stereocenters. The average molecular weight is 298 g/mol. The molecule has 114 valence electrons. The van der Waals surface area contributed by atoms with Crippen molar-refractivity contribution in [2.24, 2.45) is 0 Å². The zero-order chi connectivity index (χ0) is 15.4. The van der Waals surface area contributed by atoms with Crippen molar-refractivity contribution in [2.75, 3.05) is 19.0 Å². The number of para-hydroxylation sites is 1. The molecule has 1 aromatic carbocycles. The highest BCUT2D eigenvalue weighted by Gasteiger charge is 2.12. The Bertz CT molecular complexity index is 762. The third-order valence-corrected chi connectivity index (χ3v) is 3.51. The molecule has 2 N–H and O–H groups in total. The number of rotatable bonds is 6. The minimum Gasteiger partial charge on any atom is -0.383 e. The summed E-state index contributed by atoms with van der Waals surface area (Å²) in [6.45, 7) is 1.40. The first-order chi connectivity index (χ1) is 10.8. The van der Waals surface area contributed by atoms with E-state index in [0.717, 1.165) is 23.0 Å². The summed E-state index contributed by atoms with van der Waals surface area (Å²) < 4.78 is 7.26. The van der Waals surface area contributed by atoms with Crippen LogP contribution >= 0.6 is 0 Å². The highest BCUT2D eigenvalue weighted by molar-refractivity contribution is 5.94. The van der Waals surface area contributed by atoms with Gasteiger partial charge in [0.1, 0.15) is 0 Å². The third-order valence-electron chi connectivity index (χ3n) is 3.51. The number of ether oxygens (including phenoxy) is 1. The fraction of sp³-hybridized carbons (Fsp3) is 0.250. The molecule has 0 unspecified atom stereocenters. The Balaban J connectivity index is 1.82. The average Bonchev–Trinajstić information content (AvgIpc) is 3.14. The summed E-state index contributed by atoms with van der Waals surface area (Å²) in [5, 5.41) is 3.84. The smallest absolute Gasteiger partial charge is 0.231 e. The van der Waals surface area contributed by atoms with Crippen molar-refractivity contribution in [3.8, 4) is 0 Å². The predicted molar refractivity (Wildman–Crippen MR) is 84.7 cm³/mol. The van der Waals surface area contributed by atoms with Crippen LogP contribution in [0, 0.1) is 0 Å². The Morgan fingerprint density at radius 2 is 2.27 bits per heavy atom. The van der Waals surface area contributed by atoms with Gasteiger partial charge in [0.15, 0.2) is 0 Å². The third kappa shape index (κ3) is 3.01. The minimum atomic E-state index is -0.0930. The van der Waals surface area contributed by atoms with E-state index in [2.05, 4.69) is 25.9 Å². The van der Waals surface area contributed by atoms with E-state index in [-0.39, 0.29) is 5.91 Å². The maximum atomic E-state index is 12.1. The molecule has 0 fully saturated rings. The van der Waals surface area contributed by atoms with Crippen LogP contribution in [0.15, 0.2) is 42.9 Å². The Morgan fingerprint density at radius 1 is 1.41 bits per heavy atom. The number of amides is 1. The second-order valence-corrected chi connectivity index (χ2v) is 5.02. The maximum Gasteiger partial charge on any atom is 0.231 e. The van der Waals surface area contributed by atoms with E-state index < -0.39 is 0 Å². The number of carbonyl (C=O) groups is 1. The summed E-state index contributed by atoms with van der Waals surface area (Å²) in [4.78, 5) is 19.0. The normalized spacial score (nSPS) is 11.0. The van der Waals surface area contributed by atoms with E-state index in [1.807, 2.05) is 24.4 Å². The molecule has 0 saturated heterocycles. The lowest BCUT2D eigenvalue weighted by atomic mass is 10.1. The van der Waals surface area contributed by atoms with Crippen LogP contribution in [0.25, 0.3) is 10.9 Å². The molecule has 3 aromatic rings. The van der Waals surface area contributed by atoms with Crippen molar-refractivity contribution in [1.82, 2.24) is 14.5 Å². The summed E-state index contributed by atoms with van der Waals surface area (Å²) in [5.74, 6) is 0.373. The molecule has 2 aromatic heterocycles. The van der Waals surface area contributed by atoms with Gasteiger partial charge < -0.3 is 14.3 Å². The van der Waals surface area contributed by atoms with Gasteiger partial charge in [0, 0.05) is 43.1 Å². The number of benzene rings is 1. The van der Waals surface area contributed by atoms with Crippen molar-refractivity contribution >= 4 is 22.8 Å². The van der Waals surface area contributed by atoms with Crippen LogP contribution in [0.4, 0.5) is 5.95 Å². The summed E-state index contributed by atoms with van der Waals surface area (Å²) in [7, 11) is 1.68. The summed E-state index contributed by atoms with van der Waals surface area (Å²) in [5.41, 5.74) is 2.11. The van der Waals surface area contributed by atoms with Gasteiger partial charge in [-0.05, 0) is 11.6 Å². The Morgan fingerprint density at radius 3 is 3.05 bits per heavy atom. The van der Waals surface area contributed by atoms with E-state index in [1.165, 1.54) is 0 Å². The van der Waals surface area contributed by atoms with Crippen molar-refractivity contribution in [2.45, 2.75) is 13.0 Å². The molecule has 1 amide bonds. The Hall–Kier alpha value is -2.60. The zero-order valence-electron chi connectivity index (χ0n) is 12.4. The lowest BCUT2D eigenvalue weighted by Crippen LogP contribution is -2.15. The number of aromatic nitrogens is 3. The van der Waals surface area contributed by atoms with E-state index in [1.54, 1.807) is 19.5 Å². The predicted octanol–water partition coefficient (Wildman–Crippen LogP) is 2.19. The number of hydrogen-bond donors (Lipinski definition) is 2. The van der Waals surface area contributed by atoms with Gasteiger partial charge in [-0.15, -0.1) is 0 Å². The zero-order valence-corrected chi connectivity index (χ0v) is 12.4. The quantitative estimate of drug-likeness (QED) is 0.733. The standard InChI is InChI=1S/C16H18N4O2/c1-22-9-8-20-11-12(13-4-2-3-5-14(13)20)10-15(21)19-16-17-6-7-18-16/h2-7,11H,8-10H2,1H3,(H2,17,18,19,21). The van der Waals surface area contributed by atoms with Gasteiger partial charge in [-0.2, -0.15) is 0 Å². The monoisotopic (exact) mass is 298 g/mol. The van der Waals surface area contributed by atoms with Crippen molar-refractivity contribution < 1.29 is 9.53 Å². The lowest BCUT2D eigenvalue weighted by Gasteiger charge is -2.03. The molecule has 0 spiro atoms. The molecule has 0 saturated carbocycles. The topological polar surface area (TPSA) is 71.9 Å². The number of hydrogen-bond acceptors (Lipinski definition) is 3. The molecular weight excluding hydrogens is 280 g/mol. The molecule has 0 bridgehead atoms. The van der Waals surface area contributed by atoms with E-state index in [0.29, 0.717) is 19.0 Å². The number of nitrogens with one attached hydrogen (secondary N) is 2. The first kappa shape index (κ1) is 14.3. The van der Waals surface area contributed by atoms with Crippen LogP contribution in [-0.2, 0) is 22.5 Å². The molecule has 6 heteroatoms. The van der Waals surface area contributed by atoms with Crippen LogP contribution in [-0.4, -0.2) is 34.2 Å². The van der Waals surface area contributed by atoms with Gasteiger partial charge in [-0.3, -0.25) is 10.1 Å². The minimum absolute atomic E-state index is 0.0930. The molecule has 2 heterocycles. The number of nitrogens with zero attached hydrogens (tertiary/aromatic N) is 2. The number of methoxy groups -OCH3 is 1. The molecule has 0 aliphatic rings. The molecule has 0 aliphatic carbocycles. The van der Waals surface area contributed by atoms with Gasteiger partial charge in [0.05, 0.1) is 13.0 Å². The molecular formula is C16H18N4O2. The second kappa shape index (κ2) is 6.44. The van der Waals surface area contributed by atoms with E-state index in [9.17, 15) is 4.79 Å². The van der Waals surface area contributed by atoms with Crippen LogP contribution < -0.4 is 5.32 Å². The molecule has 3 rings (SSSR count). The number of anilines is 1.